The molecular weight excluding hydrogens is 406 g/mol. The summed E-state index contributed by atoms with van der Waals surface area (Å²) >= 11 is 0. The van der Waals surface area contributed by atoms with Crippen molar-refractivity contribution >= 4 is 34.0 Å². The Balaban J connectivity index is 2.01. The number of rotatable bonds is 6. The number of nitrogens with two attached hydrogens (primary N) is 1. The molecule has 158 valence electrons. The monoisotopic (exact) mass is 423 g/mol. The highest BCUT2D eigenvalue weighted by Gasteiger charge is 2.37. The smallest absolute Gasteiger partial charge is 0.304 e. The summed E-state index contributed by atoms with van der Waals surface area (Å²) < 4.78 is 0. The molecule has 3 aromatic rings. The first-order valence-electron chi connectivity index (χ1n) is 8.92. The minimum atomic E-state index is -1.83. The van der Waals surface area contributed by atoms with Crippen molar-refractivity contribution in [3.05, 3.63) is 79.6 Å². The molecule has 1 unspecified atom stereocenters. The molecule has 0 fully saturated rings. The molecule has 12 nitrogen and oxygen atoms in total. The number of hydrogen-bond donors (Lipinski definition) is 2. The largest absolute Gasteiger partial charge is 0.323 e. The normalized spacial score (nSPS) is 12.4. The number of amides is 1. The van der Waals surface area contributed by atoms with Gasteiger partial charge in [-0.3, -0.25) is 30.0 Å². The molecule has 2 aromatic carbocycles. The lowest BCUT2D eigenvalue weighted by Gasteiger charge is -2.13. The lowest BCUT2D eigenvalue weighted by atomic mass is 10.1. The minimum Gasteiger partial charge on any atom is -0.323 e. The Morgan fingerprint density at radius 2 is 1.87 bits per heavy atom. The Labute approximate surface area is 175 Å². The lowest BCUT2D eigenvalue weighted by molar-refractivity contribution is -0.509. The molecule has 1 aromatic heterocycles. The van der Waals surface area contributed by atoms with E-state index in [1.807, 2.05) is 13.0 Å². The molecule has 0 saturated heterocycles. The zero-order valence-corrected chi connectivity index (χ0v) is 16.5. The van der Waals surface area contributed by atoms with Crippen molar-refractivity contribution in [2.45, 2.75) is 19.9 Å². The van der Waals surface area contributed by atoms with Gasteiger partial charge < -0.3 is 11.2 Å². The first kappa shape index (κ1) is 21.2. The molecule has 0 aliphatic heterocycles. The summed E-state index contributed by atoms with van der Waals surface area (Å²) in [6.07, 6.45) is 1.11. The van der Waals surface area contributed by atoms with Crippen molar-refractivity contribution in [1.29, 1.82) is 0 Å². The van der Waals surface area contributed by atoms with Crippen LogP contribution in [0, 0.1) is 34.1 Å². The van der Waals surface area contributed by atoms with Crippen LogP contribution >= 0.6 is 0 Å². The summed E-state index contributed by atoms with van der Waals surface area (Å²) in [7, 11) is 0. The molecule has 0 aliphatic rings. The van der Waals surface area contributed by atoms with Crippen molar-refractivity contribution in [2.75, 3.05) is 5.32 Å². The van der Waals surface area contributed by atoms with Crippen LogP contribution in [0.4, 0.5) is 11.4 Å². The molecule has 31 heavy (non-hydrogen) atoms. The van der Waals surface area contributed by atoms with Gasteiger partial charge in [0.1, 0.15) is 5.69 Å². The van der Waals surface area contributed by atoms with Gasteiger partial charge in [-0.1, -0.05) is 12.1 Å². The van der Waals surface area contributed by atoms with E-state index < -0.39 is 27.5 Å². The van der Waals surface area contributed by atoms with E-state index in [9.17, 15) is 25.0 Å². The SMILES string of the molecule is Cc1ccc(C)c(NC(=O)/C(=N\N)C(c2cnc3ccc([N+](=O)[O-])cc3n2)[N+](=O)[O-])c1. The van der Waals surface area contributed by atoms with Crippen molar-refractivity contribution < 1.29 is 14.6 Å². The van der Waals surface area contributed by atoms with Crippen LogP contribution in [-0.2, 0) is 4.79 Å². The van der Waals surface area contributed by atoms with Crippen molar-refractivity contribution in [1.82, 2.24) is 9.97 Å². The number of anilines is 1. The molecule has 0 spiro atoms. The lowest BCUT2D eigenvalue weighted by Crippen LogP contribution is -2.34. The van der Waals surface area contributed by atoms with Crippen LogP contribution in [0.1, 0.15) is 22.9 Å². The maximum atomic E-state index is 12.8. The number of hydrazone groups is 1. The number of nitro benzene ring substituents is 1. The molecular formula is C19H17N7O5. The number of carbonyl (C=O) groups excluding carboxylic acids is 1. The van der Waals surface area contributed by atoms with Gasteiger partial charge in [0.25, 0.3) is 11.6 Å². The van der Waals surface area contributed by atoms with E-state index >= 15 is 0 Å². The Morgan fingerprint density at radius 3 is 2.52 bits per heavy atom. The van der Waals surface area contributed by atoms with Gasteiger partial charge in [-0.2, -0.15) is 5.10 Å². The summed E-state index contributed by atoms with van der Waals surface area (Å²) in [4.78, 5) is 42.3. The van der Waals surface area contributed by atoms with E-state index in [1.165, 1.54) is 12.1 Å². The second-order valence-electron chi connectivity index (χ2n) is 6.70. The fourth-order valence-electron chi connectivity index (χ4n) is 2.92. The maximum absolute atomic E-state index is 12.8. The van der Waals surface area contributed by atoms with Gasteiger partial charge >= 0.3 is 6.04 Å². The maximum Gasteiger partial charge on any atom is 0.304 e. The highest BCUT2D eigenvalue weighted by molar-refractivity contribution is 6.44. The zero-order valence-electron chi connectivity index (χ0n) is 16.5. The molecule has 0 aliphatic carbocycles. The molecule has 0 radical (unpaired) electrons. The number of nitro groups is 2. The van der Waals surface area contributed by atoms with Gasteiger partial charge in [-0.05, 0) is 37.1 Å². The predicted molar refractivity (Wildman–Crippen MR) is 112 cm³/mol. The average Bonchev–Trinajstić information content (AvgIpc) is 2.73. The number of hydrogen-bond acceptors (Lipinski definition) is 9. The van der Waals surface area contributed by atoms with Crippen LogP contribution in [0.3, 0.4) is 0 Å². The number of nitrogens with zero attached hydrogens (tertiary/aromatic N) is 5. The Bertz CT molecular complexity index is 1240. The second kappa shape index (κ2) is 8.49. The third-order valence-electron chi connectivity index (χ3n) is 4.52. The van der Waals surface area contributed by atoms with Crippen LogP contribution in [0.15, 0.2) is 47.7 Å². The summed E-state index contributed by atoms with van der Waals surface area (Å²) in [5, 5.41) is 28.7. The zero-order chi connectivity index (χ0) is 22.7. The van der Waals surface area contributed by atoms with E-state index in [-0.39, 0.29) is 16.9 Å². The van der Waals surface area contributed by atoms with Crippen molar-refractivity contribution in [2.24, 2.45) is 10.9 Å². The fourth-order valence-corrected chi connectivity index (χ4v) is 2.92. The van der Waals surface area contributed by atoms with E-state index in [1.54, 1.807) is 19.1 Å². The Kier molecular flexibility index (Phi) is 5.81. The number of aromatic nitrogens is 2. The first-order chi connectivity index (χ1) is 14.7. The van der Waals surface area contributed by atoms with Gasteiger partial charge in [0.05, 0.1) is 22.2 Å². The Morgan fingerprint density at radius 1 is 1.13 bits per heavy atom. The summed E-state index contributed by atoms with van der Waals surface area (Å²) in [6.45, 7) is 3.59. The van der Waals surface area contributed by atoms with Gasteiger partial charge in [0.15, 0.2) is 0 Å². The molecule has 3 N–H and O–H groups in total. The molecule has 0 bridgehead atoms. The van der Waals surface area contributed by atoms with Crippen molar-refractivity contribution in [3.63, 3.8) is 0 Å². The number of aryl methyl sites for hydroxylation is 2. The van der Waals surface area contributed by atoms with Gasteiger partial charge in [0.2, 0.25) is 5.71 Å². The highest BCUT2D eigenvalue weighted by atomic mass is 16.6. The van der Waals surface area contributed by atoms with Gasteiger partial charge in [-0.25, -0.2) is 4.98 Å². The third-order valence-corrected chi connectivity index (χ3v) is 4.52. The van der Waals surface area contributed by atoms with Gasteiger partial charge in [0, 0.05) is 22.7 Å². The van der Waals surface area contributed by atoms with Crippen LogP contribution in [0.2, 0.25) is 0 Å². The van der Waals surface area contributed by atoms with E-state index in [2.05, 4.69) is 20.4 Å². The summed E-state index contributed by atoms with van der Waals surface area (Å²) in [5.74, 6) is 4.46. The van der Waals surface area contributed by atoms with E-state index in [0.29, 0.717) is 11.2 Å². The summed E-state index contributed by atoms with van der Waals surface area (Å²) in [5.41, 5.74) is 1.34. The van der Waals surface area contributed by atoms with Crippen LogP contribution in [-0.4, -0.2) is 31.4 Å². The molecule has 1 amide bonds. The molecule has 3 rings (SSSR count). The minimum absolute atomic E-state index is 0.0601. The third kappa shape index (κ3) is 4.42. The first-order valence-corrected chi connectivity index (χ1v) is 8.92. The number of carbonyl (C=O) groups is 1. The molecule has 1 heterocycles. The van der Waals surface area contributed by atoms with Crippen molar-refractivity contribution in [3.8, 4) is 0 Å². The van der Waals surface area contributed by atoms with Crippen LogP contribution in [0.25, 0.3) is 11.0 Å². The summed E-state index contributed by atoms with van der Waals surface area (Å²) in [6, 6.07) is 7.27. The highest BCUT2D eigenvalue weighted by Crippen LogP contribution is 2.23. The number of benzene rings is 2. The fraction of sp³-hybridized carbons (Fsp3) is 0.158. The molecule has 0 saturated carbocycles. The topological polar surface area (TPSA) is 180 Å². The average molecular weight is 423 g/mol. The van der Waals surface area contributed by atoms with Gasteiger partial charge in [-0.15, -0.1) is 0 Å². The Hall–Kier alpha value is -4.48. The number of nitrogens with one attached hydrogen (secondary N) is 1. The van der Waals surface area contributed by atoms with Crippen LogP contribution < -0.4 is 11.2 Å². The standard InChI is InChI=1S/C19H17N7O5/c1-10-3-4-11(2)14(7-10)23-19(27)17(24-20)18(26(30)31)16-9-21-13-6-5-12(25(28)29)8-15(13)22-16/h3-9,18H,20H2,1-2H3,(H,23,27)/b24-17-. The van der Waals surface area contributed by atoms with E-state index in [4.69, 9.17) is 5.84 Å². The molecule has 12 heteroatoms. The second-order valence-corrected chi connectivity index (χ2v) is 6.70. The van der Waals surface area contributed by atoms with E-state index in [0.717, 1.165) is 23.4 Å². The van der Waals surface area contributed by atoms with Crippen LogP contribution in [0.5, 0.6) is 0 Å². The molecule has 1 atom stereocenters. The quantitative estimate of drug-likeness (QED) is 0.262. The predicted octanol–water partition coefficient (Wildman–Crippen LogP) is 2.43. The number of fused-ring (bicyclic) bond motifs is 1. The number of non-ortho nitro benzene ring substituents is 1.